The first-order chi connectivity index (χ1) is 22.9. The third-order valence-corrected chi connectivity index (χ3v) is 10.4. The third kappa shape index (κ3) is 12.4. The number of amides is 3. The van der Waals surface area contributed by atoms with Crippen molar-refractivity contribution in [2.24, 2.45) is 11.7 Å². The van der Waals surface area contributed by atoms with Crippen LogP contribution in [-0.4, -0.2) is 85.6 Å². The Bertz CT molecular complexity index is 1510. The van der Waals surface area contributed by atoms with Crippen molar-refractivity contribution in [3.05, 3.63) is 48.0 Å². The highest BCUT2D eigenvalue weighted by molar-refractivity contribution is 7.90. The van der Waals surface area contributed by atoms with Crippen LogP contribution in [0.3, 0.4) is 0 Å². The fourth-order valence-corrected chi connectivity index (χ4v) is 7.34. The number of hydrogen-bond acceptors (Lipinski definition) is 9. The lowest BCUT2D eigenvalue weighted by molar-refractivity contribution is -0.141. The number of sulfonamides is 1. The number of ether oxygens (including phenoxy) is 1. The van der Waals surface area contributed by atoms with E-state index in [1.54, 1.807) is 0 Å². The lowest BCUT2D eigenvalue weighted by Crippen LogP contribution is -2.51. The van der Waals surface area contributed by atoms with E-state index in [2.05, 4.69) is 20.7 Å². The second kappa shape index (κ2) is 18.9. The van der Waals surface area contributed by atoms with Crippen molar-refractivity contribution in [3.63, 3.8) is 0 Å². The topological polar surface area (TPSA) is 243 Å². The zero-order valence-electron chi connectivity index (χ0n) is 26.6. The van der Waals surface area contributed by atoms with Gasteiger partial charge in [-0.15, -0.1) is 0 Å². The molecule has 264 valence electrons. The van der Waals surface area contributed by atoms with Gasteiger partial charge in [0.1, 0.15) is 12.1 Å². The van der Waals surface area contributed by atoms with E-state index in [1.165, 1.54) is 0 Å². The first-order valence-electron chi connectivity index (χ1n) is 16.0. The summed E-state index contributed by atoms with van der Waals surface area (Å²) in [5.41, 5.74) is 6.56. The van der Waals surface area contributed by atoms with Gasteiger partial charge in [-0.2, -0.15) is 0 Å². The highest BCUT2D eigenvalue weighted by Crippen LogP contribution is 2.28. The number of nitrogens with one attached hydrogen (secondary N) is 4. The molecular weight excluding hydrogens is 646 g/mol. The van der Waals surface area contributed by atoms with Gasteiger partial charge in [-0.3, -0.25) is 14.4 Å². The highest BCUT2D eigenvalue weighted by Gasteiger charge is 2.34. The fraction of sp³-hybridized carbons (Fsp3) is 0.531. The van der Waals surface area contributed by atoms with Gasteiger partial charge in [-0.05, 0) is 80.2 Å². The SMILES string of the molecule is NCC1CCC(S(=O)(=O)N[C@@H](Cc2ccc3ccccc3c2)C(=O)NCCCC[C@H](NC(=O)N[C@@H](CCC(=O)O)C(=O)O)OC=O)CC1. The van der Waals surface area contributed by atoms with Gasteiger partial charge in [-0.1, -0.05) is 42.5 Å². The van der Waals surface area contributed by atoms with Gasteiger partial charge in [0.05, 0.1) is 5.25 Å². The number of carboxylic acid groups (broad SMARTS) is 2. The first-order valence-corrected chi connectivity index (χ1v) is 17.5. The number of benzene rings is 2. The molecule has 1 aliphatic carbocycles. The van der Waals surface area contributed by atoms with Crippen LogP contribution < -0.4 is 26.4 Å². The van der Waals surface area contributed by atoms with E-state index in [0.29, 0.717) is 51.0 Å². The van der Waals surface area contributed by atoms with Crippen molar-refractivity contribution in [1.82, 2.24) is 20.7 Å². The number of carboxylic acids is 2. The molecule has 8 N–H and O–H groups in total. The van der Waals surface area contributed by atoms with Crippen LogP contribution in [0.25, 0.3) is 10.8 Å². The average molecular weight is 692 g/mol. The predicted octanol–water partition coefficient (Wildman–Crippen LogP) is 1.59. The summed E-state index contributed by atoms with van der Waals surface area (Å²) in [4.78, 5) is 58.7. The fourth-order valence-electron chi connectivity index (χ4n) is 5.66. The number of unbranched alkanes of at least 4 members (excludes halogenated alkanes) is 1. The van der Waals surface area contributed by atoms with Gasteiger partial charge >= 0.3 is 18.0 Å². The average Bonchev–Trinajstić information content (AvgIpc) is 3.05. The molecule has 0 heterocycles. The number of urea groups is 1. The van der Waals surface area contributed by atoms with Crippen molar-refractivity contribution in [3.8, 4) is 0 Å². The van der Waals surface area contributed by atoms with Crippen LogP contribution in [0.4, 0.5) is 4.79 Å². The summed E-state index contributed by atoms with van der Waals surface area (Å²) in [5, 5.41) is 26.6. The number of nitrogens with two attached hydrogens (primary N) is 1. The maximum Gasteiger partial charge on any atom is 0.326 e. The smallest absolute Gasteiger partial charge is 0.326 e. The van der Waals surface area contributed by atoms with E-state index >= 15 is 0 Å². The van der Waals surface area contributed by atoms with Crippen LogP contribution in [0.1, 0.15) is 63.4 Å². The first kappa shape index (κ1) is 38.2. The Kier molecular flexibility index (Phi) is 15.0. The molecule has 0 unspecified atom stereocenters. The minimum absolute atomic E-state index is 0.119. The maximum absolute atomic E-state index is 13.4. The molecule has 3 atom stereocenters. The molecule has 2 aromatic rings. The van der Waals surface area contributed by atoms with Crippen molar-refractivity contribution < 1.29 is 47.3 Å². The quantitative estimate of drug-likeness (QED) is 0.0597. The summed E-state index contributed by atoms with van der Waals surface area (Å²) >= 11 is 0. The molecule has 3 rings (SSSR count). The Hall–Kier alpha value is -4.28. The molecule has 0 spiro atoms. The number of carbonyl (C=O) groups is 5. The van der Waals surface area contributed by atoms with E-state index in [9.17, 15) is 37.5 Å². The van der Waals surface area contributed by atoms with Crippen LogP contribution >= 0.6 is 0 Å². The molecule has 16 heteroatoms. The summed E-state index contributed by atoms with van der Waals surface area (Å²) in [7, 11) is -3.82. The lowest BCUT2D eigenvalue weighted by atomic mass is 9.89. The van der Waals surface area contributed by atoms with Crippen LogP contribution in [0.5, 0.6) is 0 Å². The monoisotopic (exact) mass is 691 g/mol. The van der Waals surface area contributed by atoms with E-state index in [4.69, 9.17) is 15.6 Å². The van der Waals surface area contributed by atoms with Crippen molar-refractivity contribution >= 4 is 51.1 Å². The molecule has 1 saturated carbocycles. The van der Waals surface area contributed by atoms with Gasteiger partial charge in [0.2, 0.25) is 15.9 Å². The van der Waals surface area contributed by atoms with Gasteiger partial charge in [0.15, 0.2) is 6.23 Å². The molecule has 1 aliphatic rings. The Morgan fingerprint density at radius 3 is 2.29 bits per heavy atom. The minimum atomic E-state index is -3.82. The number of fused-ring (bicyclic) bond motifs is 1. The zero-order valence-corrected chi connectivity index (χ0v) is 27.5. The van der Waals surface area contributed by atoms with E-state index in [0.717, 1.165) is 16.3 Å². The molecule has 1 fully saturated rings. The van der Waals surface area contributed by atoms with Crippen molar-refractivity contribution in [1.29, 1.82) is 0 Å². The van der Waals surface area contributed by atoms with E-state index in [-0.39, 0.29) is 32.3 Å². The van der Waals surface area contributed by atoms with Crippen LogP contribution in [0.2, 0.25) is 0 Å². The summed E-state index contributed by atoms with van der Waals surface area (Å²) in [6.07, 6.45) is 1.40. The number of rotatable bonds is 20. The van der Waals surface area contributed by atoms with Crippen LogP contribution in [-0.2, 0) is 40.4 Å². The van der Waals surface area contributed by atoms with Gasteiger partial charge in [-0.25, -0.2) is 22.7 Å². The standard InChI is InChI=1S/C32H45N5O10S/c33-19-21-9-12-25(13-10-21)48(45,46)37-27(18-22-8-11-23-5-1-2-6-24(23)17-22)30(41)34-16-4-3-7-28(47-20-38)36-32(44)35-26(31(42)43)14-15-29(39)40/h1-2,5-6,8,11,17,20-21,25-28,37H,3-4,7,9-10,12-16,18-19,33H2,(H,34,41)(H,39,40)(H,42,43)(H2,35,36,44)/t21?,25?,26-,27-,28+/m0/s1. The molecule has 0 aromatic heterocycles. The molecule has 48 heavy (non-hydrogen) atoms. The molecule has 15 nitrogen and oxygen atoms in total. The van der Waals surface area contributed by atoms with E-state index in [1.807, 2.05) is 42.5 Å². The van der Waals surface area contributed by atoms with Crippen molar-refractivity contribution in [2.45, 2.75) is 87.8 Å². The largest absolute Gasteiger partial charge is 0.481 e. The molecule has 2 aromatic carbocycles. The summed E-state index contributed by atoms with van der Waals surface area (Å²) in [5.74, 6) is -2.85. The molecule has 3 amide bonds. The van der Waals surface area contributed by atoms with Gasteiger partial charge in [0, 0.05) is 19.4 Å². The van der Waals surface area contributed by atoms with Crippen LogP contribution in [0, 0.1) is 5.92 Å². The minimum Gasteiger partial charge on any atom is -0.481 e. The Morgan fingerprint density at radius 2 is 1.65 bits per heavy atom. The van der Waals surface area contributed by atoms with Crippen LogP contribution in [0.15, 0.2) is 42.5 Å². The summed E-state index contributed by atoms with van der Waals surface area (Å²) in [6, 6.07) is 9.95. The second-order valence-corrected chi connectivity index (χ2v) is 13.9. The summed E-state index contributed by atoms with van der Waals surface area (Å²) < 4.78 is 34.4. The molecule has 0 aliphatic heterocycles. The van der Waals surface area contributed by atoms with Crippen molar-refractivity contribution in [2.75, 3.05) is 13.1 Å². The number of hydrogen-bond donors (Lipinski definition) is 7. The Balaban J connectivity index is 1.57. The highest BCUT2D eigenvalue weighted by atomic mass is 32.2. The number of aliphatic carboxylic acids is 2. The lowest BCUT2D eigenvalue weighted by Gasteiger charge is -2.29. The predicted molar refractivity (Wildman–Crippen MR) is 176 cm³/mol. The third-order valence-electron chi connectivity index (χ3n) is 8.40. The molecule has 0 saturated heterocycles. The Morgan fingerprint density at radius 1 is 0.938 bits per heavy atom. The normalized spacial score (nSPS) is 18.2. The molecule has 0 radical (unpaired) electrons. The second-order valence-electron chi connectivity index (χ2n) is 11.9. The maximum atomic E-state index is 13.4. The molecule has 0 bridgehead atoms. The molecular formula is C32H45N5O10S. The summed E-state index contributed by atoms with van der Waals surface area (Å²) in [6.45, 7) is 0.794. The number of carbonyl (C=O) groups excluding carboxylic acids is 3. The van der Waals surface area contributed by atoms with Gasteiger partial charge < -0.3 is 36.6 Å². The van der Waals surface area contributed by atoms with Gasteiger partial charge in [0.25, 0.3) is 6.47 Å². The van der Waals surface area contributed by atoms with E-state index < -0.39 is 63.9 Å². The Labute approximate surface area is 279 Å². The zero-order chi connectivity index (χ0) is 35.1.